The van der Waals surface area contributed by atoms with Gasteiger partial charge in [-0.05, 0) is 41.2 Å². The molecule has 0 fully saturated rings. The van der Waals surface area contributed by atoms with Crippen LogP contribution in [0, 0.1) is 0 Å². The van der Waals surface area contributed by atoms with Crippen LogP contribution in [-0.2, 0) is 0 Å². The molecule has 0 aliphatic carbocycles. The molecule has 1 aromatic rings. The van der Waals surface area contributed by atoms with Gasteiger partial charge in [0.15, 0.2) is 0 Å². The zero-order valence-corrected chi connectivity index (χ0v) is 13.8. The fourth-order valence-electron chi connectivity index (χ4n) is 1.59. The van der Waals surface area contributed by atoms with Crippen molar-refractivity contribution in [2.45, 2.75) is 13.8 Å². The van der Waals surface area contributed by atoms with Crippen molar-refractivity contribution in [2.24, 2.45) is 4.99 Å². The minimum absolute atomic E-state index is 0.227. The second-order valence-electron chi connectivity index (χ2n) is 3.89. The average molecular weight is 378 g/mol. The first-order chi connectivity index (χ1) is 8.58. The molecule has 0 aliphatic rings. The van der Waals surface area contributed by atoms with Crippen molar-refractivity contribution in [3.05, 3.63) is 26.6 Å². The topological polar surface area (TPSA) is 35.8 Å². The van der Waals surface area contributed by atoms with E-state index >= 15 is 0 Å². The first kappa shape index (κ1) is 15.7. The second kappa shape index (κ2) is 7.92. The van der Waals surface area contributed by atoms with Crippen molar-refractivity contribution in [3.8, 4) is 5.75 Å². The molecule has 0 radical (unpaired) electrons. The van der Waals surface area contributed by atoms with E-state index in [2.05, 4.69) is 55.6 Å². The van der Waals surface area contributed by atoms with E-state index in [1.54, 1.807) is 6.21 Å². The molecule has 100 valence electrons. The van der Waals surface area contributed by atoms with Gasteiger partial charge in [0, 0.05) is 22.8 Å². The molecule has 0 saturated heterocycles. The summed E-state index contributed by atoms with van der Waals surface area (Å²) < 4.78 is 1.58. The largest absolute Gasteiger partial charge is 0.506 e. The molecule has 0 atom stereocenters. The predicted octanol–water partition coefficient (Wildman–Crippen LogP) is 3.68. The molecule has 18 heavy (non-hydrogen) atoms. The standard InChI is InChI=1S/C13H18Br2N2O/c1-3-17(4-2)6-5-16-9-10-7-11(14)8-12(15)13(10)18/h7-9,18H,3-6H2,1-2H3. The summed E-state index contributed by atoms with van der Waals surface area (Å²) in [6, 6.07) is 3.66. The lowest BCUT2D eigenvalue weighted by Crippen LogP contribution is -2.25. The van der Waals surface area contributed by atoms with Crippen LogP contribution in [0.25, 0.3) is 0 Å². The van der Waals surface area contributed by atoms with Gasteiger partial charge in [-0.3, -0.25) is 4.99 Å². The van der Waals surface area contributed by atoms with Crippen LogP contribution in [0.15, 0.2) is 26.1 Å². The summed E-state index contributed by atoms with van der Waals surface area (Å²) in [5, 5.41) is 9.85. The Labute approximate surface area is 125 Å². The molecule has 0 heterocycles. The van der Waals surface area contributed by atoms with Gasteiger partial charge in [0.25, 0.3) is 0 Å². The smallest absolute Gasteiger partial charge is 0.138 e. The number of hydrogen-bond donors (Lipinski definition) is 1. The maximum absolute atomic E-state index is 9.85. The molecule has 3 nitrogen and oxygen atoms in total. The maximum atomic E-state index is 9.85. The molecule has 0 aromatic heterocycles. The first-order valence-corrected chi connectivity index (χ1v) is 7.57. The van der Waals surface area contributed by atoms with Gasteiger partial charge >= 0.3 is 0 Å². The molecule has 1 aromatic carbocycles. The summed E-state index contributed by atoms with van der Waals surface area (Å²) in [5.74, 6) is 0.227. The SMILES string of the molecule is CCN(CC)CCN=Cc1cc(Br)cc(Br)c1O. The van der Waals surface area contributed by atoms with Crippen LogP contribution in [0.2, 0.25) is 0 Å². The Morgan fingerprint density at radius 3 is 2.56 bits per heavy atom. The molecule has 1 rings (SSSR count). The molecule has 0 spiro atoms. The van der Waals surface area contributed by atoms with Crippen LogP contribution in [-0.4, -0.2) is 42.4 Å². The molecular formula is C13H18Br2N2O. The molecule has 1 N–H and O–H groups in total. The van der Waals surface area contributed by atoms with Gasteiger partial charge in [-0.2, -0.15) is 0 Å². The summed E-state index contributed by atoms with van der Waals surface area (Å²) in [4.78, 5) is 6.67. The fourth-order valence-corrected chi connectivity index (χ4v) is 2.84. The monoisotopic (exact) mass is 376 g/mol. The van der Waals surface area contributed by atoms with E-state index in [4.69, 9.17) is 0 Å². The third-order valence-electron chi connectivity index (χ3n) is 2.73. The Kier molecular flexibility index (Phi) is 6.89. The number of phenolic OH excluding ortho intramolecular Hbond substituents is 1. The van der Waals surface area contributed by atoms with E-state index in [1.807, 2.05) is 12.1 Å². The number of aromatic hydroxyl groups is 1. The van der Waals surface area contributed by atoms with Crippen LogP contribution in [0.5, 0.6) is 5.75 Å². The lowest BCUT2D eigenvalue weighted by Gasteiger charge is -2.15. The zero-order valence-electron chi connectivity index (χ0n) is 10.7. The number of hydrogen-bond acceptors (Lipinski definition) is 3. The maximum Gasteiger partial charge on any atom is 0.138 e. The number of rotatable bonds is 6. The quantitative estimate of drug-likeness (QED) is 0.767. The summed E-state index contributed by atoms with van der Waals surface area (Å²) in [6.07, 6.45) is 1.72. The highest BCUT2D eigenvalue weighted by molar-refractivity contribution is 9.11. The van der Waals surface area contributed by atoms with Crippen molar-refractivity contribution in [1.82, 2.24) is 4.90 Å². The Morgan fingerprint density at radius 1 is 1.28 bits per heavy atom. The summed E-state index contributed by atoms with van der Waals surface area (Å²) in [7, 11) is 0. The summed E-state index contributed by atoms with van der Waals surface area (Å²) in [5.41, 5.74) is 0.718. The number of benzene rings is 1. The van der Waals surface area contributed by atoms with E-state index in [1.165, 1.54) is 0 Å². The Balaban J connectivity index is 2.62. The third-order valence-corrected chi connectivity index (χ3v) is 3.79. The molecule has 5 heteroatoms. The van der Waals surface area contributed by atoms with Gasteiger partial charge in [-0.1, -0.05) is 29.8 Å². The highest BCUT2D eigenvalue weighted by Gasteiger charge is 2.05. The molecule has 0 saturated carbocycles. The van der Waals surface area contributed by atoms with E-state index in [-0.39, 0.29) is 5.75 Å². The average Bonchev–Trinajstić information content (AvgIpc) is 2.35. The second-order valence-corrected chi connectivity index (χ2v) is 5.66. The zero-order chi connectivity index (χ0) is 13.5. The molecule has 0 unspecified atom stereocenters. The Morgan fingerprint density at radius 2 is 1.94 bits per heavy atom. The van der Waals surface area contributed by atoms with Gasteiger partial charge in [0.1, 0.15) is 5.75 Å². The van der Waals surface area contributed by atoms with Crippen molar-refractivity contribution in [2.75, 3.05) is 26.2 Å². The van der Waals surface area contributed by atoms with E-state index in [0.29, 0.717) is 4.47 Å². The van der Waals surface area contributed by atoms with Crippen LogP contribution in [0.3, 0.4) is 0 Å². The summed E-state index contributed by atoms with van der Waals surface area (Å²) in [6.45, 7) is 8.05. The van der Waals surface area contributed by atoms with Gasteiger partial charge in [-0.15, -0.1) is 0 Å². The number of phenols is 1. The minimum atomic E-state index is 0.227. The predicted molar refractivity (Wildman–Crippen MR) is 83.8 cm³/mol. The lowest BCUT2D eigenvalue weighted by molar-refractivity contribution is 0.313. The molecular weight excluding hydrogens is 360 g/mol. The highest BCUT2D eigenvalue weighted by atomic mass is 79.9. The van der Waals surface area contributed by atoms with E-state index < -0.39 is 0 Å². The fraction of sp³-hybridized carbons (Fsp3) is 0.462. The number of nitrogens with zero attached hydrogens (tertiary/aromatic N) is 2. The van der Waals surface area contributed by atoms with Crippen molar-refractivity contribution in [1.29, 1.82) is 0 Å². The molecule has 0 amide bonds. The molecule has 0 bridgehead atoms. The summed E-state index contributed by atoms with van der Waals surface area (Å²) >= 11 is 6.69. The van der Waals surface area contributed by atoms with Crippen LogP contribution in [0.1, 0.15) is 19.4 Å². The Hall–Kier alpha value is -0.390. The lowest BCUT2D eigenvalue weighted by atomic mass is 10.2. The van der Waals surface area contributed by atoms with Gasteiger partial charge in [0.2, 0.25) is 0 Å². The van der Waals surface area contributed by atoms with Crippen LogP contribution >= 0.6 is 31.9 Å². The number of aliphatic imine (C=N–C) groups is 1. The van der Waals surface area contributed by atoms with Gasteiger partial charge in [-0.25, -0.2) is 0 Å². The van der Waals surface area contributed by atoms with Crippen molar-refractivity contribution >= 4 is 38.1 Å². The van der Waals surface area contributed by atoms with Crippen molar-refractivity contribution in [3.63, 3.8) is 0 Å². The number of halogens is 2. The Bertz CT molecular complexity index is 418. The first-order valence-electron chi connectivity index (χ1n) is 5.98. The van der Waals surface area contributed by atoms with E-state index in [9.17, 15) is 5.11 Å². The van der Waals surface area contributed by atoms with Gasteiger partial charge < -0.3 is 10.0 Å². The number of likely N-dealkylation sites (N-methyl/N-ethyl adjacent to an activating group) is 1. The van der Waals surface area contributed by atoms with Gasteiger partial charge in [0.05, 0.1) is 11.0 Å². The van der Waals surface area contributed by atoms with Crippen LogP contribution in [0.4, 0.5) is 0 Å². The minimum Gasteiger partial charge on any atom is -0.506 e. The van der Waals surface area contributed by atoms with Crippen molar-refractivity contribution < 1.29 is 5.11 Å². The van der Waals surface area contributed by atoms with Crippen LogP contribution < -0.4 is 0 Å². The molecule has 0 aliphatic heterocycles. The highest BCUT2D eigenvalue weighted by Crippen LogP contribution is 2.30. The third kappa shape index (κ3) is 4.71. The van der Waals surface area contributed by atoms with E-state index in [0.717, 1.165) is 36.2 Å². The normalized spacial score (nSPS) is 11.6.